The van der Waals surface area contributed by atoms with Crippen LogP contribution >= 0.6 is 34.5 Å². The lowest BCUT2D eigenvalue weighted by Gasteiger charge is -2.04. The minimum atomic E-state index is 0.599. The van der Waals surface area contributed by atoms with Gasteiger partial charge >= 0.3 is 0 Å². The van der Waals surface area contributed by atoms with E-state index in [9.17, 15) is 0 Å². The van der Waals surface area contributed by atoms with Gasteiger partial charge in [-0.3, -0.25) is 4.40 Å². The van der Waals surface area contributed by atoms with Crippen LogP contribution in [0.15, 0.2) is 29.8 Å². The predicted molar refractivity (Wildman–Crippen MR) is 72.9 cm³/mol. The fourth-order valence-electron chi connectivity index (χ4n) is 1.71. The largest absolute Gasteiger partial charge is 0.383 e. The van der Waals surface area contributed by atoms with Crippen molar-refractivity contribution < 1.29 is 0 Å². The first-order valence-electron chi connectivity index (χ1n) is 4.82. The summed E-state index contributed by atoms with van der Waals surface area (Å²) in [4.78, 5) is 5.05. The highest BCUT2D eigenvalue weighted by Gasteiger charge is 2.12. The summed E-state index contributed by atoms with van der Waals surface area (Å²) in [6.07, 6.45) is 1.64. The van der Waals surface area contributed by atoms with Crippen molar-refractivity contribution in [2.75, 3.05) is 5.73 Å². The summed E-state index contributed by atoms with van der Waals surface area (Å²) in [5.41, 5.74) is 7.70. The normalized spacial score (nSPS) is 11.2. The number of fused-ring (bicyclic) bond motifs is 1. The van der Waals surface area contributed by atoms with Crippen LogP contribution in [0, 0.1) is 0 Å². The molecule has 0 bridgehead atoms. The Balaban J connectivity index is 2.30. The minimum absolute atomic E-state index is 0.599. The highest BCUT2D eigenvalue weighted by molar-refractivity contribution is 7.15. The van der Waals surface area contributed by atoms with Gasteiger partial charge in [-0.15, -0.1) is 11.3 Å². The first-order valence-corrected chi connectivity index (χ1v) is 6.46. The number of nitrogen functional groups attached to an aromatic ring is 1. The number of aromatic nitrogens is 2. The van der Waals surface area contributed by atoms with E-state index in [0.29, 0.717) is 15.9 Å². The summed E-state index contributed by atoms with van der Waals surface area (Å²) in [6, 6.07) is 5.40. The van der Waals surface area contributed by atoms with E-state index in [1.165, 1.54) is 11.3 Å². The molecule has 0 fully saturated rings. The zero-order valence-corrected chi connectivity index (χ0v) is 10.9. The highest BCUT2D eigenvalue weighted by Crippen LogP contribution is 2.34. The number of rotatable bonds is 1. The zero-order chi connectivity index (χ0) is 12.0. The molecule has 2 N–H and O–H groups in total. The van der Waals surface area contributed by atoms with Gasteiger partial charge < -0.3 is 5.73 Å². The smallest absolute Gasteiger partial charge is 0.195 e. The predicted octanol–water partition coefficient (Wildman–Crippen LogP) is 3.95. The number of thiazole rings is 1. The van der Waals surface area contributed by atoms with Gasteiger partial charge in [0.2, 0.25) is 0 Å². The monoisotopic (exact) mass is 283 g/mol. The molecule has 1 aromatic carbocycles. The van der Waals surface area contributed by atoms with E-state index >= 15 is 0 Å². The topological polar surface area (TPSA) is 43.3 Å². The Kier molecular flexibility index (Phi) is 2.50. The SMILES string of the molecule is Nc1cnc2scc(-c3ccc(Cl)cc3Cl)n12. The van der Waals surface area contributed by atoms with Gasteiger partial charge in [0.05, 0.1) is 16.9 Å². The Morgan fingerprint density at radius 3 is 2.88 bits per heavy atom. The fraction of sp³-hybridized carbons (Fsp3) is 0. The molecular weight excluding hydrogens is 277 g/mol. The molecule has 0 aliphatic rings. The molecule has 6 heteroatoms. The van der Waals surface area contributed by atoms with E-state index in [-0.39, 0.29) is 0 Å². The Morgan fingerprint density at radius 2 is 2.12 bits per heavy atom. The summed E-state index contributed by atoms with van der Waals surface area (Å²) in [6.45, 7) is 0. The molecule has 0 spiro atoms. The molecule has 2 aromatic heterocycles. The lowest BCUT2D eigenvalue weighted by atomic mass is 10.2. The molecular formula is C11H7Cl2N3S. The molecule has 3 nitrogen and oxygen atoms in total. The number of halogens is 2. The van der Waals surface area contributed by atoms with Gasteiger partial charge in [0, 0.05) is 16.0 Å². The van der Waals surface area contributed by atoms with Crippen molar-refractivity contribution in [2.24, 2.45) is 0 Å². The molecule has 0 saturated heterocycles. The van der Waals surface area contributed by atoms with Crippen molar-refractivity contribution in [3.8, 4) is 11.3 Å². The molecule has 3 aromatic rings. The van der Waals surface area contributed by atoms with E-state index in [1.54, 1.807) is 18.3 Å². The van der Waals surface area contributed by atoms with E-state index in [1.807, 2.05) is 15.8 Å². The van der Waals surface area contributed by atoms with Crippen LogP contribution in [0.5, 0.6) is 0 Å². The Bertz CT molecular complexity index is 702. The second-order valence-electron chi connectivity index (χ2n) is 3.55. The van der Waals surface area contributed by atoms with E-state index < -0.39 is 0 Å². The number of hydrogen-bond acceptors (Lipinski definition) is 3. The third-order valence-corrected chi connectivity index (χ3v) is 3.87. The summed E-state index contributed by atoms with van der Waals surface area (Å²) in [7, 11) is 0. The average molecular weight is 284 g/mol. The summed E-state index contributed by atoms with van der Waals surface area (Å²) in [5, 5.41) is 3.20. The van der Waals surface area contributed by atoms with Crippen molar-refractivity contribution in [3.63, 3.8) is 0 Å². The van der Waals surface area contributed by atoms with Crippen molar-refractivity contribution >= 4 is 45.3 Å². The van der Waals surface area contributed by atoms with Gasteiger partial charge in [-0.25, -0.2) is 4.98 Å². The van der Waals surface area contributed by atoms with Gasteiger partial charge in [-0.05, 0) is 18.2 Å². The minimum Gasteiger partial charge on any atom is -0.383 e. The molecule has 17 heavy (non-hydrogen) atoms. The second kappa shape index (κ2) is 3.91. The van der Waals surface area contributed by atoms with Crippen molar-refractivity contribution in [2.45, 2.75) is 0 Å². The van der Waals surface area contributed by atoms with Gasteiger partial charge in [0.15, 0.2) is 4.96 Å². The van der Waals surface area contributed by atoms with E-state index in [2.05, 4.69) is 4.98 Å². The Labute approximate surface area is 111 Å². The summed E-state index contributed by atoms with van der Waals surface area (Å²) in [5.74, 6) is 0.599. The molecule has 86 valence electrons. The number of nitrogens with zero attached hydrogens (tertiary/aromatic N) is 2. The molecule has 2 heterocycles. The maximum atomic E-state index is 6.19. The molecule has 0 aliphatic heterocycles. The van der Waals surface area contributed by atoms with Gasteiger partial charge in [-0.1, -0.05) is 23.2 Å². The molecule has 0 unspecified atom stereocenters. The summed E-state index contributed by atoms with van der Waals surface area (Å²) >= 11 is 13.6. The van der Waals surface area contributed by atoms with Crippen LogP contribution < -0.4 is 5.73 Å². The molecule has 0 atom stereocenters. The van der Waals surface area contributed by atoms with Crippen LogP contribution in [0.1, 0.15) is 0 Å². The maximum Gasteiger partial charge on any atom is 0.195 e. The van der Waals surface area contributed by atoms with Crippen LogP contribution in [0.2, 0.25) is 10.0 Å². The van der Waals surface area contributed by atoms with Crippen molar-refractivity contribution in [1.29, 1.82) is 0 Å². The quantitative estimate of drug-likeness (QED) is 0.735. The summed E-state index contributed by atoms with van der Waals surface area (Å²) < 4.78 is 1.87. The van der Waals surface area contributed by atoms with Crippen LogP contribution in [0.4, 0.5) is 5.82 Å². The molecule has 0 amide bonds. The molecule has 0 radical (unpaired) electrons. The third kappa shape index (κ3) is 1.69. The van der Waals surface area contributed by atoms with E-state index in [0.717, 1.165) is 16.2 Å². The highest BCUT2D eigenvalue weighted by atomic mass is 35.5. The number of hydrogen-bond donors (Lipinski definition) is 1. The third-order valence-electron chi connectivity index (χ3n) is 2.48. The maximum absolute atomic E-state index is 6.19. The van der Waals surface area contributed by atoms with Crippen molar-refractivity contribution in [3.05, 3.63) is 39.8 Å². The zero-order valence-electron chi connectivity index (χ0n) is 8.52. The molecule has 0 aliphatic carbocycles. The van der Waals surface area contributed by atoms with Gasteiger partial charge in [0.1, 0.15) is 5.82 Å². The molecule has 0 saturated carbocycles. The van der Waals surface area contributed by atoms with Crippen LogP contribution in [0.25, 0.3) is 16.2 Å². The van der Waals surface area contributed by atoms with E-state index in [4.69, 9.17) is 28.9 Å². The van der Waals surface area contributed by atoms with Crippen LogP contribution in [-0.4, -0.2) is 9.38 Å². The Hall–Kier alpha value is -1.23. The van der Waals surface area contributed by atoms with Gasteiger partial charge in [0.25, 0.3) is 0 Å². The lowest BCUT2D eigenvalue weighted by molar-refractivity contribution is 1.24. The number of anilines is 1. The lowest BCUT2D eigenvalue weighted by Crippen LogP contribution is -1.93. The van der Waals surface area contributed by atoms with Gasteiger partial charge in [-0.2, -0.15) is 0 Å². The standard InChI is InChI=1S/C11H7Cl2N3S/c12-6-1-2-7(8(13)3-6)9-5-17-11-15-4-10(14)16(9)11/h1-5H,14H2. The van der Waals surface area contributed by atoms with Crippen LogP contribution in [-0.2, 0) is 0 Å². The number of benzene rings is 1. The van der Waals surface area contributed by atoms with Crippen molar-refractivity contribution in [1.82, 2.24) is 9.38 Å². The number of nitrogens with two attached hydrogens (primary N) is 1. The average Bonchev–Trinajstić information content (AvgIpc) is 2.83. The molecule has 3 rings (SSSR count). The first kappa shape index (κ1) is 10.9. The fourth-order valence-corrected chi connectivity index (χ4v) is 3.09. The second-order valence-corrected chi connectivity index (χ2v) is 5.23. The van der Waals surface area contributed by atoms with Crippen LogP contribution in [0.3, 0.4) is 0 Å². The number of imidazole rings is 1. The Morgan fingerprint density at radius 1 is 1.29 bits per heavy atom. The first-order chi connectivity index (χ1) is 8.16.